The van der Waals surface area contributed by atoms with Crippen molar-refractivity contribution in [2.24, 2.45) is 4.76 Å². The Morgan fingerprint density at radius 3 is 2.87 bits per heavy atom. The van der Waals surface area contributed by atoms with Gasteiger partial charge in [-0.2, -0.15) is 4.76 Å². The van der Waals surface area contributed by atoms with Crippen LogP contribution < -0.4 is 5.49 Å². The average molecular weight is 244 g/mol. The molecule has 0 N–H and O–H groups in total. The monoisotopic (exact) mass is 244 g/mol. The highest BCUT2D eigenvalue weighted by Gasteiger charge is 2.23. The van der Waals surface area contributed by atoms with E-state index in [9.17, 15) is 0 Å². The number of hydrogen-bond donors (Lipinski definition) is 0. The molecule has 1 aromatic heterocycles. The predicted octanol–water partition coefficient (Wildman–Crippen LogP) is 1.68. The first-order valence-electron chi connectivity index (χ1n) is 4.84. The van der Waals surface area contributed by atoms with Gasteiger partial charge < -0.3 is 13.6 Å². The number of aryl methyl sites for hydroxylation is 1. The second kappa shape index (κ2) is 4.58. The molecule has 0 aromatic carbocycles. The minimum atomic E-state index is -2.39. The number of aromatic nitrogens is 1. The van der Waals surface area contributed by atoms with E-state index in [4.69, 9.17) is 20.9 Å². The lowest BCUT2D eigenvalue weighted by Gasteiger charge is -2.08. The van der Waals surface area contributed by atoms with E-state index in [2.05, 4.69) is 11.7 Å². The summed E-state index contributed by atoms with van der Waals surface area (Å²) in [6.07, 6.45) is 1.97. The molecule has 4 nitrogen and oxygen atoms in total. The summed E-state index contributed by atoms with van der Waals surface area (Å²) in [5.41, 5.74) is 0.824. The van der Waals surface area contributed by atoms with E-state index in [0.717, 1.165) is 12.0 Å². The van der Waals surface area contributed by atoms with E-state index in [0.29, 0.717) is 13.2 Å². The van der Waals surface area contributed by atoms with Gasteiger partial charge in [0.2, 0.25) is 0 Å². The molecule has 82 valence electrons. The molecule has 0 bridgehead atoms. The van der Waals surface area contributed by atoms with E-state index in [1.165, 1.54) is 0 Å². The topological polar surface area (TPSA) is 35.8 Å². The summed E-state index contributed by atoms with van der Waals surface area (Å²) < 4.78 is 17.2. The van der Waals surface area contributed by atoms with Gasteiger partial charge in [-0.3, -0.25) is 0 Å². The van der Waals surface area contributed by atoms with Crippen molar-refractivity contribution in [1.82, 2.24) is 4.57 Å². The lowest BCUT2D eigenvalue weighted by molar-refractivity contribution is 0.365. The van der Waals surface area contributed by atoms with Crippen LogP contribution in [0.25, 0.3) is 0 Å². The Kier molecular flexibility index (Phi) is 3.36. The van der Waals surface area contributed by atoms with Crippen LogP contribution >= 0.6 is 6.64 Å². The van der Waals surface area contributed by atoms with Crippen LogP contribution in [0.2, 0.25) is 0 Å². The highest BCUT2D eigenvalue weighted by Crippen LogP contribution is 2.52. The molecule has 1 aliphatic rings. The molecule has 0 spiro atoms. The van der Waals surface area contributed by atoms with E-state index in [1.54, 1.807) is 0 Å². The van der Waals surface area contributed by atoms with E-state index in [-0.39, 0.29) is 0 Å². The van der Waals surface area contributed by atoms with E-state index in [1.807, 2.05) is 29.0 Å². The zero-order valence-electron chi connectivity index (χ0n) is 8.50. The summed E-state index contributed by atoms with van der Waals surface area (Å²) in [6, 6.07) is 5.82. The van der Waals surface area contributed by atoms with Gasteiger partial charge in [0.1, 0.15) is 5.49 Å². The normalized spacial score (nSPS) is 20.7. The van der Waals surface area contributed by atoms with E-state index < -0.39 is 6.64 Å². The van der Waals surface area contributed by atoms with Crippen molar-refractivity contribution in [2.45, 2.75) is 13.5 Å². The van der Waals surface area contributed by atoms with Gasteiger partial charge in [-0.1, -0.05) is 6.07 Å². The fraction of sp³-hybridized carbons (Fsp3) is 0.444. The molecule has 1 fully saturated rings. The number of pyridine rings is 1. The third kappa shape index (κ3) is 2.55. The van der Waals surface area contributed by atoms with Crippen LogP contribution in [0.3, 0.4) is 0 Å². The lowest BCUT2D eigenvalue weighted by Crippen LogP contribution is -2.18. The second-order valence-electron chi connectivity index (χ2n) is 3.08. The van der Waals surface area contributed by atoms with Crippen molar-refractivity contribution in [1.29, 1.82) is 0 Å². The third-order valence-corrected chi connectivity index (χ3v) is 4.42. The number of hydrogen-bond acceptors (Lipinski definition) is 3. The summed E-state index contributed by atoms with van der Waals surface area (Å²) in [4.78, 5) is 0. The van der Waals surface area contributed by atoms with Gasteiger partial charge >= 0.3 is 6.64 Å². The average Bonchev–Trinajstić information content (AvgIpc) is 2.66. The van der Waals surface area contributed by atoms with Gasteiger partial charge in [-0.15, -0.1) is 0 Å². The molecule has 2 rings (SSSR count). The van der Waals surface area contributed by atoms with Crippen LogP contribution in [0.4, 0.5) is 0 Å². The largest absolute Gasteiger partial charge is 0.333 e. The summed E-state index contributed by atoms with van der Waals surface area (Å²) >= 11 is 5.24. The molecule has 0 radical (unpaired) electrons. The zero-order valence-corrected chi connectivity index (χ0v) is 10.2. The summed E-state index contributed by atoms with van der Waals surface area (Å²) in [6.45, 7) is 1.63. The molecule has 1 saturated heterocycles. The Labute approximate surface area is 93.8 Å². The molecule has 0 amide bonds. The maximum absolute atomic E-state index is 5.37. The minimum Gasteiger partial charge on any atom is -0.333 e. The molecule has 1 aromatic rings. The van der Waals surface area contributed by atoms with Crippen molar-refractivity contribution < 1.29 is 9.05 Å². The number of nitrogens with zero attached hydrogens (tertiary/aromatic N) is 2. The van der Waals surface area contributed by atoms with Gasteiger partial charge in [0.05, 0.1) is 13.2 Å². The first-order valence-corrected chi connectivity index (χ1v) is 7.43. The van der Waals surface area contributed by atoms with Crippen LogP contribution in [-0.2, 0) is 27.4 Å². The van der Waals surface area contributed by atoms with Crippen molar-refractivity contribution in [3.63, 3.8) is 0 Å². The molecule has 0 unspecified atom stereocenters. The van der Waals surface area contributed by atoms with Crippen molar-refractivity contribution in [2.75, 3.05) is 13.2 Å². The highest BCUT2D eigenvalue weighted by molar-refractivity contribution is 8.09. The lowest BCUT2D eigenvalue weighted by atomic mass is 10.5. The summed E-state index contributed by atoms with van der Waals surface area (Å²) in [7, 11) is 0. The fourth-order valence-corrected chi connectivity index (χ4v) is 3.28. The molecular weight excluding hydrogens is 231 g/mol. The van der Waals surface area contributed by atoms with E-state index >= 15 is 0 Å². The first kappa shape index (κ1) is 11.0. The Bertz CT molecular complexity index is 447. The third-order valence-electron chi connectivity index (χ3n) is 2.07. The number of rotatable bonds is 2. The van der Waals surface area contributed by atoms with Crippen molar-refractivity contribution in [3.8, 4) is 0 Å². The Morgan fingerprint density at radius 2 is 2.20 bits per heavy atom. The van der Waals surface area contributed by atoms with Crippen LogP contribution in [0.1, 0.15) is 6.92 Å². The molecule has 0 atom stereocenters. The molecule has 6 heteroatoms. The van der Waals surface area contributed by atoms with Gasteiger partial charge in [0, 0.05) is 12.7 Å². The second-order valence-corrected chi connectivity index (χ2v) is 6.12. The standard InChI is InChI=1S/C9H13N2O2PS/c1-2-11-6-4-3-5-9(11)10-14(15)12-7-8-13-14/h3-6H,2,7-8H2,1H3/b10-9+. The molecule has 1 aliphatic heterocycles. The minimum absolute atomic E-state index is 0.555. The Morgan fingerprint density at radius 1 is 1.47 bits per heavy atom. The first-order chi connectivity index (χ1) is 7.23. The SMILES string of the molecule is CCn1cccc/c1=N\P1(=S)OCCO1. The van der Waals surface area contributed by atoms with Crippen molar-refractivity contribution >= 4 is 18.4 Å². The quantitative estimate of drug-likeness (QED) is 0.742. The maximum Gasteiger partial charge on any atom is 0.311 e. The summed E-state index contributed by atoms with van der Waals surface area (Å²) in [5, 5.41) is 0. The van der Waals surface area contributed by atoms with Gasteiger partial charge in [0.25, 0.3) is 0 Å². The molecule has 15 heavy (non-hydrogen) atoms. The smallest absolute Gasteiger partial charge is 0.311 e. The zero-order chi connectivity index (χ0) is 10.7. The maximum atomic E-state index is 5.37. The van der Waals surface area contributed by atoms with Gasteiger partial charge in [0.15, 0.2) is 0 Å². The van der Waals surface area contributed by atoms with Crippen molar-refractivity contribution in [3.05, 3.63) is 29.9 Å². The van der Waals surface area contributed by atoms with Crippen LogP contribution in [0.15, 0.2) is 29.2 Å². The summed E-state index contributed by atoms with van der Waals surface area (Å²) in [5.74, 6) is 0. The fourth-order valence-electron chi connectivity index (χ4n) is 1.35. The van der Waals surface area contributed by atoms with Gasteiger partial charge in [-0.05, 0) is 30.9 Å². The van der Waals surface area contributed by atoms with Crippen LogP contribution in [-0.4, -0.2) is 17.8 Å². The van der Waals surface area contributed by atoms with Crippen LogP contribution in [0, 0.1) is 0 Å². The Balaban J connectivity index is 2.44. The Hall–Kier alpha value is -0.480. The van der Waals surface area contributed by atoms with Gasteiger partial charge in [-0.25, -0.2) is 0 Å². The van der Waals surface area contributed by atoms with Crippen LogP contribution in [0.5, 0.6) is 0 Å². The molecule has 2 heterocycles. The highest BCUT2D eigenvalue weighted by atomic mass is 32.5. The molecule has 0 saturated carbocycles. The molecule has 0 aliphatic carbocycles. The molecular formula is C9H13N2O2PS. The predicted molar refractivity (Wildman–Crippen MR) is 61.9 cm³/mol.